The van der Waals surface area contributed by atoms with Gasteiger partial charge in [-0.3, -0.25) is 0 Å². The molecule has 2 rings (SSSR count). The molecule has 1 aliphatic rings. The Morgan fingerprint density at radius 3 is 2.56 bits per heavy atom. The maximum Gasteiger partial charge on any atom is 0.0462 e. The van der Waals surface area contributed by atoms with Gasteiger partial charge in [0.25, 0.3) is 0 Å². The molecule has 1 heterocycles. The predicted molar refractivity (Wildman–Crippen MR) is 66.6 cm³/mol. The highest BCUT2D eigenvalue weighted by Crippen LogP contribution is 2.32. The number of ether oxygens (including phenoxy) is 1. The van der Waals surface area contributed by atoms with Crippen LogP contribution in [-0.4, -0.2) is 26.8 Å². The summed E-state index contributed by atoms with van der Waals surface area (Å²) in [6.07, 6.45) is 3.64. The third-order valence-electron chi connectivity index (χ3n) is 3.48. The second-order valence-electron chi connectivity index (χ2n) is 4.86. The molecule has 0 unspecified atom stereocenters. The topological polar surface area (TPSA) is 21.3 Å². The predicted octanol–water partition coefficient (Wildman–Crippen LogP) is 2.25. The Labute approximate surface area is 98.0 Å². The molecule has 1 aliphatic heterocycles. The number of hydrogen-bond acceptors (Lipinski definition) is 2. The van der Waals surface area contributed by atoms with E-state index in [0.29, 0.717) is 5.41 Å². The highest BCUT2D eigenvalue weighted by atomic mass is 16.5. The Kier molecular flexibility index (Phi) is 3.97. The smallest absolute Gasteiger partial charge is 0.0462 e. The van der Waals surface area contributed by atoms with Crippen LogP contribution < -0.4 is 5.32 Å². The molecule has 0 bridgehead atoms. The first kappa shape index (κ1) is 11.6. The van der Waals surface area contributed by atoms with Gasteiger partial charge >= 0.3 is 0 Å². The molecule has 2 nitrogen and oxygen atoms in total. The van der Waals surface area contributed by atoms with E-state index >= 15 is 0 Å². The molecule has 0 radical (unpaired) electrons. The second-order valence-corrected chi connectivity index (χ2v) is 4.86. The molecule has 2 heteroatoms. The summed E-state index contributed by atoms with van der Waals surface area (Å²) in [5.74, 6) is 0. The first-order chi connectivity index (χ1) is 7.85. The molecule has 0 aliphatic carbocycles. The summed E-state index contributed by atoms with van der Waals surface area (Å²) < 4.78 is 5.14. The molecule has 16 heavy (non-hydrogen) atoms. The fraction of sp³-hybridized carbons (Fsp3) is 0.571. The van der Waals surface area contributed by atoms with Crippen LogP contribution in [0.3, 0.4) is 0 Å². The van der Waals surface area contributed by atoms with Gasteiger partial charge < -0.3 is 10.1 Å². The summed E-state index contributed by atoms with van der Waals surface area (Å²) in [5.41, 5.74) is 1.95. The lowest BCUT2D eigenvalue weighted by molar-refractivity contribution is 0.120. The van der Waals surface area contributed by atoms with Crippen LogP contribution in [0.2, 0.25) is 0 Å². The maximum atomic E-state index is 5.14. The second kappa shape index (κ2) is 5.46. The van der Waals surface area contributed by atoms with Crippen LogP contribution in [0, 0.1) is 5.41 Å². The molecule has 1 aromatic carbocycles. The number of nitrogens with one attached hydrogen (secondary N) is 1. The summed E-state index contributed by atoms with van der Waals surface area (Å²) in [6, 6.07) is 10.8. The zero-order valence-corrected chi connectivity index (χ0v) is 10.0. The van der Waals surface area contributed by atoms with Gasteiger partial charge in [-0.05, 0) is 30.2 Å². The lowest BCUT2D eigenvalue weighted by atomic mass is 9.73. The Morgan fingerprint density at radius 1 is 1.25 bits per heavy atom. The van der Waals surface area contributed by atoms with E-state index in [1.54, 1.807) is 7.11 Å². The van der Waals surface area contributed by atoms with E-state index in [1.165, 1.54) is 24.8 Å². The van der Waals surface area contributed by atoms with Gasteiger partial charge in [-0.15, -0.1) is 0 Å². The molecule has 0 atom stereocenters. The van der Waals surface area contributed by atoms with Crippen molar-refractivity contribution in [2.75, 3.05) is 26.8 Å². The van der Waals surface area contributed by atoms with Crippen molar-refractivity contribution in [3.05, 3.63) is 35.9 Å². The lowest BCUT2D eigenvalue weighted by Crippen LogP contribution is -2.54. The average Bonchev–Trinajstić information content (AvgIpc) is 2.27. The molecule has 0 saturated carbocycles. The van der Waals surface area contributed by atoms with Gasteiger partial charge in [-0.25, -0.2) is 0 Å². The van der Waals surface area contributed by atoms with Crippen molar-refractivity contribution in [1.29, 1.82) is 0 Å². The van der Waals surface area contributed by atoms with Gasteiger partial charge in [-0.2, -0.15) is 0 Å². The van der Waals surface area contributed by atoms with E-state index in [1.807, 2.05) is 0 Å². The van der Waals surface area contributed by atoms with Gasteiger partial charge in [0.05, 0.1) is 0 Å². The molecular weight excluding hydrogens is 198 g/mol. The number of methoxy groups -OCH3 is 1. The van der Waals surface area contributed by atoms with Gasteiger partial charge in [-0.1, -0.05) is 30.3 Å². The molecule has 1 aromatic rings. The van der Waals surface area contributed by atoms with E-state index in [2.05, 4.69) is 35.6 Å². The summed E-state index contributed by atoms with van der Waals surface area (Å²) >= 11 is 0. The SMILES string of the molecule is COCCCC1(Cc2ccccc2)CNC1. The standard InChI is InChI=1S/C14H21NO/c1-16-9-5-8-14(11-15-12-14)10-13-6-3-2-4-7-13/h2-4,6-7,15H,5,8-12H2,1H3. The number of rotatable bonds is 6. The van der Waals surface area contributed by atoms with Crippen LogP contribution in [-0.2, 0) is 11.2 Å². The Hall–Kier alpha value is -0.860. The van der Waals surface area contributed by atoms with Crippen molar-refractivity contribution >= 4 is 0 Å². The fourth-order valence-corrected chi connectivity index (χ4v) is 2.49. The fourth-order valence-electron chi connectivity index (χ4n) is 2.49. The highest BCUT2D eigenvalue weighted by Gasteiger charge is 2.36. The molecule has 1 saturated heterocycles. The van der Waals surface area contributed by atoms with E-state index < -0.39 is 0 Å². The molecule has 0 spiro atoms. The van der Waals surface area contributed by atoms with Crippen LogP contribution in [0.1, 0.15) is 18.4 Å². The minimum atomic E-state index is 0.486. The molecule has 1 N–H and O–H groups in total. The minimum Gasteiger partial charge on any atom is -0.385 e. The van der Waals surface area contributed by atoms with Gasteiger partial charge in [0.15, 0.2) is 0 Å². The first-order valence-electron chi connectivity index (χ1n) is 6.08. The van der Waals surface area contributed by atoms with E-state index in [-0.39, 0.29) is 0 Å². The number of benzene rings is 1. The molecule has 1 fully saturated rings. The van der Waals surface area contributed by atoms with Crippen molar-refractivity contribution in [2.45, 2.75) is 19.3 Å². The number of hydrogen-bond donors (Lipinski definition) is 1. The van der Waals surface area contributed by atoms with Crippen molar-refractivity contribution in [2.24, 2.45) is 5.41 Å². The minimum absolute atomic E-state index is 0.486. The summed E-state index contributed by atoms with van der Waals surface area (Å²) in [5, 5.41) is 3.41. The van der Waals surface area contributed by atoms with Crippen molar-refractivity contribution in [3.63, 3.8) is 0 Å². The largest absolute Gasteiger partial charge is 0.385 e. The molecule has 0 amide bonds. The maximum absolute atomic E-state index is 5.14. The third kappa shape index (κ3) is 2.83. The van der Waals surface area contributed by atoms with Crippen LogP contribution >= 0.6 is 0 Å². The zero-order chi connectivity index (χ0) is 11.3. The average molecular weight is 219 g/mol. The van der Waals surface area contributed by atoms with Crippen LogP contribution in [0.4, 0.5) is 0 Å². The van der Waals surface area contributed by atoms with Gasteiger partial charge in [0, 0.05) is 26.8 Å². The van der Waals surface area contributed by atoms with Crippen molar-refractivity contribution < 1.29 is 4.74 Å². The lowest BCUT2D eigenvalue weighted by Gasteiger charge is -2.43. The first-order valence-corrected chi connectivity index (χ1v) is 6.08. The van der Waals surface area contributed by atoms with Crippen LogP contribution in [0.5, 0.6) is 0 Å². The normalized spacial score (nSPS) is 18.1. The van der Waals surface area contributed by atoms with E-state index in [9.17, 15) is 0 Å². The third-order valence-corrected chi connectivity index (χ3v) is 3.48. The van der Waals surface area contributed by atoms with Crippen LogP contribution in [0.25, 0.3) is 0 Å². The summed E-state index contributed by atoms with van der Waals surface area (Å²) in [6.45, 7) is 3.20. The Morgan fingerprint density at radius 2 is 2.00 bits per heavy atom. The Balaban J connectivity index is 1.89. The van der Waals surface area contributed by atoms with Gasteiger partial charge in [0.1, 0.15) is 0 Å². The van der Waals surface area contributed by atoms with Crippen LogP contribution in [0.15, 0.2) is 30.3 Å². The Bertz CT molecular complexity index is 306. The van der Waals surface area contributed by atoms with Gasteiger partial charge in [0.2, 0.25) is 0 Å². The van der Waals surface area contributed by atoms with Crippen molar-refractivity contribution in [3.8, 4) is 0 Å². The summed E-state index contributed by atoms with van der Waals surface area (Å²) in [7, 11) is 1.78. The highest BCUT2D eigenvalue weighted by molar-refractivity contribution is 5.18. The van der Waals surface area contributed by atoms with Crippen molar-refractivity contribution in [1.82, 2.24) is 5.32 Å². The monoisotopic (exact) mass is 219 g/mol. The van der Waals surface area contributed by atoms with E-state index in [0.717, 1.165) is 19.7 Å². The van der Waals surface area contributed by atoms with E-state index in [4.69, 9.17) is 4.74 Å². The zero-order valence-electron chi connectivity index (χ0n) is 10.0. The molecule has 0 aromatic heterocycles. The summed E-state index contributed by atoms with van der Waals surface area (Å²) in [4.78, 5) is 0. The quantitative estimate of drug-likeness (QED) is 0.741. The molecular formula is C14H21NO. The molecule has 88 valence electrons.